The zero-order chi connectivity index (χ0) is 10.4. The van der Waals surface area contributed by atoms with E-state index < -0.39 is 0 Å². The van der Waals surface area contributed by atoms with Crippen molar-refractivity contribution in [2.75, 3.05) is 11.4 Å². The third-order valence-electron chi connectivity index (χ3n) is 3.55. The number of fused-ring (bicyclic) bond motifs is 3. The first-order valence-corrected chi connectivity index (χ1v) is 6.34. The van der Waals surface area contributed by atoms with Crippen LogP contribution in [0.1, 0.15) is 18.4 Å². The van der Waals surface area contributed by atoms with Crippen LogP contribution in [0.3, 0.4) is 0 Å². The molecule has 1 aromatic carbocycles. The van der Waals surface area contributed by atoms with Crippen molar-refractivity contribution in [2.45, 2.75) is 31.3 Å². The predicted octanol–water partition coefficient (Wildman–Crippen LogP) is 2.30. The number of nitrogens with zero attached hydrogens (tertiary/aromatic N) is 1. The highest BCUT2D eigenvalue weighted by Crippen LogP contribution is 2.37. The number of nitrogens with two attached hydrogens (primary N) is 1. The van der Waals surface area contributed by atoms with Crippen molar-refractivity contribution in [3.63, 3.8) is 0 Å². The molecule has 2 aliphatic heterocycles. The van der Waals surface area contributed by atoms with Crippen molar-refractivity contribution in [3.05, 3.63) is 28.2 Å². The van der Waals surface area contributed by atoms with E-state index in [4.69, 9.17) is 5.73 Å². The number of benzene rings is 1. The molecule has 15 heavy (non-hydrogen) atoms. The lowest BCUT2D eigenvalue weighted by atomic mass is 9.96. The highest BCUT2D eigenvalue weighted by Gasteiger charge is 2.33. The quantitative estimate of drug-likeness (QED) is 0.781. The van der Waals surface area contributed by atoms with Gasteiger partial charge in [-0.15, -0.1) is 0 Å². The van der Waals surface area contributed by atoms with Gasteiger partial charge >= 0.3 is 0 Å². The molecule has 2 atom stereocenters. The Kier molecular flexibility index (Phi) is 2.25. The molecule has 0 spiro atoms. The van der Waals surface area contributed by atoms with Crippen LogP contribution in [0.5, 0.6) is 0 Å². The van der Waals surface area contributed by atoms with Gasteiger partial charge in [-0.1, -0.05) is 22.0 Å². The largest absolute Gasteiger partial charge is 0.367 e. The summed E-state index contributed by atoms with van der Waals surface area (Å²) in [6.07, 6.45) is 3.63. The van der Waals surface area contributed by atoms with Crippen molar-refractivity contribution in [1.82, 2.24) is 0 Å². The minimum atomic E-state index is 0.361. The van der Waals surface area contributed by atoms with Gasteiger partial charge in [-0.2, -0.15) is 0 Å². The van der Waals surface area contributed by atoms with Crippen LogP contribution in [-0.4, -0.2) is 18.6 Å². The van der Waals surface area contributed by atoms with Gasteiger partial charge in [0, 0.05) is 28.8 Å². The molecular formula is C12H15BrN2. The Hall–Kier alpha value is -0.540. The number of rotatable bonds is 0. The van der Waals surface area contributed by atoms with Crippen molar-refractivity contribution >= 4 is 21.6 Å². The van der Waals surface area contributed by atoms with E-state index in [2.05, 4.69) is 39.0 Å². The Bertz CT molecular complexity index is 391. The van der Waals surface area contributed by atoms with E-state index >= 15 is 0 Å². The van der Waals surface area contributed by atoms with Gasteiger partial charge in [-0.3, -0.25) is 0 Å². The van der Waals surface area contributed by atoms with Crippen LogP contribution in [-0.2, 0) is 6.42 Å². The van der Waals surface area contributed by atoms with Crippen LogP contribution in [0.4, 0.5) is 5.69 Å². The molecule has 0 aliphatic carbocycles. The number of anilines is 1. The Morgan fingerprint density at radius 2 is 2.27 bits per heavy atom. The Morgan fingerprint density at radius 1 is 1.40 bits per heavy atom. The first-order valence-electron chi connectivity index (χ1n) is 5.54. The van der Waals surface area contributed by atoms with E-state index in [0.717, 1.165) is 13.0 Å². The SMILES string of the molecule is NC1CC2CCc3ccc(Br)cc3N2C1. The summed E-state index contributed by atoms with van der Waals surface area (Å²) in [7, 11) is 0. The lowest BCUT2D eigenvalue weighted by Crippen LogP contribution is -2.34. The predicted molar refractivity (Wildman–Crippen MR) is 66.2 cm³/mol. The maximum atomic E-state index is 6.04. The van der Waals surface area contributed by atoms with Crippen molar-refractivity contribution in [3.8, 4) is 0 Å². The molecule has 80 valence electrons. The zero-order valence-electron chi connectivity index (χ0n) is 8.62. The second kappa shape index (κ2) is 3.49. The first-order chi connectivity index (χ1) is 7.24. The lowest BCUT2D eigenvalue weighted by molar-refractivity contribution is 0.575. The van der Waals surface area contributed by atoms with Gasteiger partial charge in [0.05, 0.1) is 0 Å². The molecule has 0 amide bonds. The molecule has 3 rings (SSSR count). The number of hydrogen-bond donors (Lipinski definition) is 1. The van der Waals surface area contributed by atoms with Gasteiger partial charge in [0.25, 0.3) is 0 Å². The Balaban J connectivity index is 2.03. The summed E-state index contributed by atoms with van der Waals surface area (Å²) < 4.78 is 1.17. The van der Waals surface area contributed by atoms with Gasteiger partial charge in [-0.25, -0.2) is 0 Å². The van der Waals surface area contributed by atoms with E-state index in [0.29, 0.717) is 12.1 Å². The van der Waals surface area contributed by atoms with E-state index in [1.807, 2.05) is 0 Å². The molecule has 1 saturated heterocycles. The summed E-state index contributed by atoms with van der Waals surface area (Å²) in [6, 6.07) is 7.65. The fourth-order valence-electron chi connectivity index (χ4n) is 2.86. The molecule has 0 bridgehead atoms. The van der Waals surface area contributed by atoms with E-state index in [1.54, 1.807) is 0 Å². The maximum Gasteiger partial charge on any atom is 0.0413 e. The van der Waals surface area contributed by atoms with Gasteiger partial charge in [0.1, 0.15) is 0 Å². The van der Waals surface area contributed by atoms with Crippen LogP contribution in [0, 0.1) is 0 Å². The standard InChI is InChI=1S/C12H15BrN2/c13-9-3-1-8-2-4-11-6-10(14)7-15(11)12(8)5-9/h1,3,5,10-11H,2,4,6-7,14H2. The second-order valence-corrected chi connectivity index (χ2v) is 5.53. The molecule has 2 nitrogen and oxygen atoms in total. The minimum Gasteiger partial charge on any atom is -0.367 e. The molecule has 0 radical (unpaired) electrons. The fourth-order valence-corrected chi connectivity index (χ4v) is 3.21. The van der Waals surface area contributed by atoms with Gasteiger partial charge in [0.15, 0.2) is 0 Å². The average molecular weight is 267 g/mol. The summed E-state index contributed by atoms with van der Waals surface area (Å²) in [5, 5.41) is 0. The van der Waals surface area contributed by atoms with Crippen LogP contribution in [0.15, 0.2) is 22.7 Å². The molecule has 2 unspecified atom stereocenters. The summed E-state index contributed by atoms with van der Waals surface area (Å²) in [5.41, 5.74) is 8.91. The lowest BCUT2D eigenvalue weighted by Gasteiger charge is -2.33. The van der Waals surface area contributed by atoms with Crippen LogP contribution >= 0.6 is 15.9 Å². The topological polar surface area (TPSA) is 29.3 Å². The van der Waals surface area contributed by atoms with E-state index in [9.17, 15) is 0 Å². The Labute approximate surface area is 98.6 Å². The smallest absolute Gasteiger partial charge is 0.0413 e. The monoisotopic (exact) mass is 266 g/mol. The van der Waals surface area contributed by atoms with Gasteiger partial charge in [0.2, 0.25) is 0 Å². The van der Waals surface area contributed by atoms with E-state index in [1.165, 1.54) is 28.6 Å². The second-order valence-electron chi connectivity index (χ2n) is 4.61. The fraction of sp³-hybridized carbons (Fsp3) is 0.500. The number of halogens is 1. The molecular weight excluding hydrogens is 252 g/mol. The molecule has 3 heteroatoms. The summed E-state index contributed by atoms with van der Waals surface area (Å²) in [5.74, 6) is 0. The highest BCUT2D eigenvalue weighted by molar-refractivity contribution is 9.10. The summed E-state index contributed by atoms with van der Waals surface area (Å²) in [6.45, 7) is 1.02. The number of aryl methyl sites for hydroxylation is 1. The molecule has 2 aliphatic rings. The van der Waals surface area contributed by atoms with Gasteiger partial charge in [-0.05, 0) is 37.0 Å². The first kappa shape index (κ1) is 9.67. The minimum absolute atomic E-state index is 0.361. The van der Waals surface area contributed by atoms with Crippen LogP contribution in [0.2, 0.25) is 0 Å². The molecule has 2 heterocycles. The Morgan fingerprint density at radius 3 is 3.13 bits per heavy atom. The molecule has 2 N–H and O–H groups in total. The summed E-state index contributed by atoms with van der Waals surface area (Å²) >= 11 is 3.54. The number of hydrogen-bond acceptors (Lipinski definition) is 2. The third kappa shape index (κ3) is 1.58. The van der Waals surface area contributed by atoms with Crippen LogP contribution < -0.4 is 10.6 Å². The molecule has 0 saturated carbocycles. The highest BCUT2D eigenvalue weighted by atomic mass is 79.9. The van der Waals surface area contributed by atoms with Crippen molar-refractivity contribution < 1.29 is 0 Å². The molecule has 1 aromatic rings. The average Bonchev–Trinajstić information content (AvgIpc) is 2.58. The van der Waals surface area contributed by atoms with Gasteiger partial charge < -0.3 is 10.6 Å². The maximum absolute atomic E-state index is 6.04. The van der Waals surface area contributed by atoms with Crippen molar-refractivity contribution in [1.29, 1.82) is 0 Å². The van der Waals surface area contributed by atoms with Crippen molar-refractivity contribution in [2.24, 2.45) is 5.73 Å². The third-order valence-corrected chi connectivity index (χ3v) is 4.04. The normalized spacial score (nSPS) is 28.8. The van der Waals surface area contributed by atoms with E-state index in [-0.39, 0.29) is 0 Å². The molecule has 1 fully saturated rings. The molecule has 0 aromatic heterocycles. The zero-order valence-corrected chi connectivity index (χ0v) is 10.2. The van der Waals surface area contributed by atoms with Crippen LogP contribution in [0.25, 0.3) is 0 Å². The summed E-state index contributed by atoms with van der Waals surface area (Å²) in [4.78, 5) is 2.49.